The SMILES string of the molecule is CCN(C(=O)c1ccc(Br)c(F)c1)c1ccncc1. The van der Waals surface area contributed by atoms with Crippen molar-refractivity contribution in [1.29, 1.82) is 0 Å². The molecule has 0 N–H and O–H groups in total. The first-order chi connectivity index (χ1) is 9.13. The van der Waals surface area contributed by atoms with Gasteiger partial charge in [0.2, 0.25) is 0 Å². The molecule has 0 saturated heterocycles. The Morgan fingerprint density at radius 3 is 2.58 bits per heavy atom. The van der Waals surface area contributed by atoms with Crippen LogP contribution in [0.3, 0.4) is 0 Å². The fourth-order valence-corrected chi connectivity index (χ4v) is 2.00. The number of aromatic nitrogens is 1. The van der Waals surface area contributed by atoms with Crippen molar-refractivity contribution in [2.45, 2.75) is 6.92 Å². The van der Waals surface area contributed by atoms with E-state index in [2.05, 4.69) is 20.9 Å². The minimum absolute atomic E-state index is 0.236. The summed E-state index contributed by atoms with van der Waals surface area (Å²) in [6, 6.07) is 7.85. The number of halogens is 2. The van der Waals surface area contributed by atoms with Crippen LogP contribution in [0.25, 0.3) is 0 Å². The minimum atomic E-state index is -0.448. The molecule has 0 atom stereocenters. The summed E-state index contributed by atoms with van der Waals surface area (Å²) in [6.07, 6.45) is 3.24. The summed E-state index contributed by atoms with van der Waals surface area (Å²) in [6.45, 7) is 2.37. The third kappa shape index (κ3) is 2.98. The molecular weight excluding hydrogens is 311 g/mol. The Kier molecular flexibility index (Phi) is 4.27. The van der Waals surface area contributed by atoms with Crippen LogP contribution >= 0.6 is 15.9 Å². The van der Waals surface area contributed by atoms with Gasteiger partial charge in [-0.2, -0.15) is 0 Å². The molecule has 0 aliphatic heterocycles. The zero-order chi connectivity index (χ0) is 13.8. The molecule has 0 saturated carbocycles. The lowest BCUT2D eigenvalue weighted by molar-refractivity contribution is 0.0988. The smallest absolute Gasteiger partial charge is 0.258 e. The second-order valence-electron chi connectivity index (χ2n) is 3.88. The van der Waals surface area contributed by atoms with Crippen molar-refractivity contribution in [1.82, 2.24) is 4.98 Å². The third-order valence-corrected chi connectivity index (χ3v) is 3.35. The van der Waals surface area contributed by atoms with Gasteiger partial charge in [-0.25, -0.2) is 4.39 Å². The van der Waals surface area contributed by atoms with Crippen LogP contribution in [0.15, 0.2) is 47.2 Å². The van der Waals surface area contributed by atoms with Gasteiger partial charge >= 0.3 is 0 Å². The van der Waals surface area contributed by atoms with E-state index >= 15 is 0 Å². The van der Waals surface area contributed by atoms with E-state index in [9.17, 15) is 9.18 Å². The van der Waals surface area contributed by atoms with Crippen LogP contribution in [0, 0.1) is 5.82 Å². The highest BCUT2D eigenvalue weighted by Gasteiger charge is 2.17. The van der Waals surface area contributed by atoms with Crippen molar-refractivity contribution in [2.75, 3.05) is 11.4 Å². The van der Waals surface area contributed by atoms with Crippen LogP contribution in [0.2, 0.25) is 0 Å². The number of carbonyl (C=O) groups excluding carboxylic acids is 1. The van der Waals surface area contributed by atoms with Gasteiger partial charge in [-0.15, -0.1) is 0 Å². The first kappa shape index (κ1) is 13.7. The molecule has 0 aliphatic carbocycles. The number of carbonyl (C=O) groups is 1. The van der Waals surface area contributed by atoms with Crippen molar-refractivity contribution in [3.05, 3.63) is 58.6 Å². The number of pyridine rings is 1. The van der Waals surface area contributed by atoms with Gasteiger partial charge in [-0.05, 0) is 53.2 Å². The predicted molar refractivity (Wildman–Crippen MR) is 75.7 cm³/mol. The maximum atomic E-state index is 13.5. The second-order valence-corrected chi connectivity index (χ2v) is 4.74. The maximum Gasteiger partial charge on any atom is 0.258 e. The molecule has 0 spiro atoms. The number of hydrogen-bond donors (Lipinski definition) is 0. The molecule has 1 amide bonds. The van der Waals surface area contributed by atoms with Gasteiger partial charge in [-0.1, -0.05) is 0 Å². The molecule has 2 rings (SSSR count). The number of nitrogens with zero attached hydrogens (tertiary/aromatic N) is 2. The zero-order valence-electron chi connectivity index (χ0n) is 10.3. The van der Waals surface area contributed by atoms with Crippen molar-refractivity contribution < 1.29 is 9.18 Å². The third-order valence-electron chi connectivity index (χ3n) is 2.70. The molecule has 1 aromatic carbocycles. The molecule has 0 radical (unpaired) electrons. The van der Waals surface area contributed by atoms with Crippen LogP contribution in [0.5, 0.6) is 0 Å². The van der Waals surface area contributed by atoms with Gasteiger partial charge in [0.25, 0.3) is 5.91 Å². The summed E-state index contributed by atoms with van der Waals surface area (Å²) in [5.74, 6) is -0.684. The van der Waals surface area contributed by atoms with Crippen LogP contribution in [-0.4, -0.2) is 17.4 Å². The number of amides is 1. The van der Waals surface area contributed by atoms with Gasteiger partial charge in [0.1, 0.15) is 5.82 Å². The molecule has 0 bridgehead atoms. The van der Waals surface area contributed by atoms with E-state index in [1.807, 2.05) is 6.92 Å². The van der Waals surface area contributed by atoms with Gasteiger partial charge < -0.3 is 4.90 Å². The van der Waals surface area contributed by atoms with Crippen LogP contribution < -0.4 is 4.90 Å². The molecule has 19 heavy (non-hydrogen) atoms. The quantitative estimate of drug-likeness (QED) is 0.864. The average Bonchev–Trinajstić information content (AvgIpc) is 2.44. The maximum absolute atomic E-state index is 13.5. The summed E-state index contributed by atoms with van der Waals surface area (Å²) in [7, 11) is 0. The van der Waals surface area contributed by atoms with Crippen molar-refractivity contribution in [2.24, 2.45) is 0 Å². The number of rotatable bonds is 3. The summed E-state index contributed by atoms with van der Waals surface area (Å²) in [4.78, 5) is 17.9. The van der Waals surface area contributed by atoms with Gasteiger partial charge in [-0.3, -0.25) is 9.78 Å². The van der Waals surface area contributed by atoms with E-state index in [1.165, 1.54) is 12.1 Å². The lowest BCUT2D eigenvalue weighted by Crippen LogP contribution is -2.30. The van der Waals surface area contributed by atoms with E-state index in [4.69, 9.17) is 0 Å². The van der Waals surface area contributed by atoms with Crippen LogP contribution in [-0.2, 0) is 0 Å². The largest absolute Gasteiger partial charge is 0.309 e. The van der Waals surface area contributed by atoms with Gasteiger partial charge in [0.05, 0.1) is 4.47 Å². The Morgan fingerprint density at radius 1 is 1.32 bits per heavy atom. The van der Waals surface area contributed by atoms with E-state index in [0.717, 1.165) is 5.69 Å². The minimum Gasteiger partial charge on any atom is -0.309 e. The molecule has 98 valence electrons. The first-order valence-corrected chi connectivity index (χ1v) is 6.59. The van der Waals surface area contributed by atoms with Crippen LogP contribution in [0.4, 0.5) is 10.1 Å². The monoisotopic (exact) mass is 322 g/mol. The highest BCUT2D eigenvalue weighted by Crippen LogP contribution is 2.20. The second kappa shape index (κ2) is 5.93. The highest BCUT2D eigenvalue weighted by molar-refractivity contribution is 9.10. The molecule has 3 nitrogen and oxygen atoms in total. The predicted octanol–water partition coefficient (Wildman–Crippen LogP) is 3.65. The summed E-state index contributed by atoms with van der Waals surface area (Å²) in [5.41, 5.74) is 1.06. The molecule has 0 unspecified atom stereocenters. The lowest BCUT2D eigenvalue weighted by Gasteiger charge is -2.20. The average molecular weight is 323 g/mol. The number of anilines is 1. The molecule has 5 heteroatoms. The van der Waals surface area contributed by atoms with E-state index in [0.29, 0.717) is 16.6 Å². The molecule has 2 aromatic rings. The fourth-order valence-electron chi connectivity index (χ4n) is 1.75. The van der Waals surface area contributed by atoms with E-state index < -0.39 is 5.82 Å². The molecule has 0 aliphatic rings. The molecule has 0 fully saturated rings. The van der Waals surface area contributed by atoms with Crippen LogP contribution in [0.1, 0.15) is 17.3 Å². The van der Waals surface area contributed by atoms with Gasteiger partial charge in [0.15, 0.2) is 0 Å². The highest BCUT2D eigenvalue weighted by atomic mass is 79.9. The van der Waals surface area contributed by atoms with Crippen molar-refractivity contribution in [3.63, 3.8) is 0 Å². The molecular formula is C14H12BrFN2O. The van der Waals surface area contributed by atoms with Gasteiger partial charge in [0, 0.05) is 30.2 Å². The zero-order valence-corrected chi connectivity index (χ0v) is 11.9. The molecule has 1 aromatic heterocycles. The first-order valence-electron chi connectivity index (χ1n) is 5.80. The Bertz CT molecular complexity index is 589. The molecule has 1 heterocycles. The Morgan fingerprint density at radius 2 is 2.00 bits per heavy atom. The fraction of sp³-hybridized carbons (Fsp3) is 0.143. The summed E-state index contributed by atoms with van der Waals surface area (Å²) in [5, 5.41) is 0. The standard InChI is InChI=1S/C14H12BrFN2O/c1-2-18(11-5-7-17-8-6-11)14(19)10-3-4-12(15)13(16)9-10/h3-9H,2H2,1H3. The summed E-state index contributed by atoms with van der Waals surface area (Å²) < 4.78 is 13.8. The normalized spacial score (nSPS) is 10.3. The Labute approximate surface area is 119 Å². The lowest BCUT2D eigenvalue weighted by atomic mass is 10.2. The van der Waals surface area contributed by atoms with E-state index in [-0.39, 0.29) is 5.91 Å². The summed E-state index contributed by atoms with van der Waals surface area (Å²) >= 11 is 3.07. The van der Waals surface area contributed by atoms with Crippen molar-refractivity contribution >= 4 is 27.5 Å². The number of hydrogen-bond acceptors (Lipinski definition) is 2. The Balaban J connectivity index is 2.33. The Hall–Kier alpha value is -1.75. The topological polar surface area (TPSA) is 33.2 Å². The van der Waals surface area contributed by atoms with E-state index in [1.54, 1.807) is 35.5 Å². The van der Waals surface area contributed by atoms with Crippen molar-refractivity contribution in [3.8, 4) is 0 Å². The number of benzene rings is 1.